The number of hydrazone groups is 1. The van der Waals surface area contributed by atoms with E-state index in [0.29, 0.717) is 5.75 Å². The van der Waals surface area contributed by atoms with Crippen molar-refractivity contribution in [3.8, 4) is 11.5 Å². The first-order chi connectivity index (χ1) is 11.1. The maximum absolute atomic E-state index is 12.0. The molecule has 0 unspecified atom stereocenters. The lowest BCUT2D eigenvalue weighted by Gasteiger charge is -2.13. The van der Waals surface area contributed by atoms with Crippen LogP contribution in [0.2, 0.25) is 0 Å². The van der Waals surface area contributed by atoms with E-state index in [2.05, 4.69) is 26.5 Å². The number of methoxy groups -OCH3 is 1. The zero-order valence-corrected chi connectivity index (χ0v) is 14.4. The van der Waals surface area contributed by atoms with Crippen LogP contribution in [0.1, 0.15) is 12.5 Å². The second-order valence-corrected chi connectivity index (χ2v) is 5.56. The average molecular weight is 377 g/mol. The molecule has 1 N–H and O–H groups in total. The molecule has 0 aliphatic carbocycles. The van der Waals surface area contributed by atoms with Gasteiger partial charge < -0.3 is 9.47 Å². The number of para-hydroxylation sites is 1. The average Bonchev–Trinajstić information content (AvgIpc) is 2.57. The summed E-state index contributed by atoms with van der Waals surface area (Å²) in [4.78, 5) is 12.0. The summed E-state index contributed by atoms with van der Waals surface area (Å²) in [6.45, 7) is 1.66. The summed E-state index contributed by atoms with van der Waals surface area (Å²) in [5.41, 5.74) is 3.28. The van der Waals surface area contributed by atoms with E-state index in [0.717, 1.165) is 15.8 Å². The number of carbonyl (C=O) groups excluding carboxylic acids is 1. The monoisotopic (exact) mass is 376 g/mol. The van der Waals surface area contributed by atoms with E-state index >= 15 is 0 Å². The molecule has 23 heavy (non-hydrogen) atoms. The summed E-state index contributed by atoms with van der Waals surface area (Å²) in [6, 6.07) is 14.7. The van der Waals surface area contributed by atoms with Crippen molar-refractivity contribution in [2.75, 3.05) is 7.11 Å². The molecule has 0 bridgehead atoms. The summed E-state index contributed by atoms with van der Waals surface area (Å²) in [7, 11) is 1.60. The molecule has 2 rings (SSSR count). The van der Waals surface area contributed by atoms with Gasteiger partial charge >= 0.3 is 0 Å². The smallest absolute Gasteiger partial charge is 0.280 e. The number of carbonyl (C=O) groups is 1. The maximum atomic E-state index is 12.0. The predicted molar refractivity (Wildman–Crippen MR) is 93.0 cm³/mol. The molecule has 0 saturated carbocycles. The van der Waals surface area contributed by atoms with Crippen molar-refractivity contribution in [3.63, 3.8) is 0 Å². The van der Waals surface area contributed by atoms with Crippen LogP contribution in [0.5, 0.6) is 11.5 Å². The van der Waals surface area contributed by atoms with Crippen LogP contribution in [0.15, 0.2) is 58.1 Å². The van der Waals surface area contributed by atoms with Gasteiger partial charge in [0, 0.05) is 0 Å². The molecular weight excluding hydrogens is 360 g/mol. The van der Waals surface area contributed by atoms with Gasteiger partial charge in [0.1, 0.15) is 11.5 Å². The van der Waals surface area contributed by atoms with Crippen molar-refractivity contribution < 1.29 is 14.3 Å². The van der Waals surface area contributed by atoms with E-state index in [4.69, 9.17) is 9.47 Å². The second kappa shape index (κ2) is 8.33. The number of amides is 1. The molecular formula is C17H17BrN2O3. The van der Waals surface area contributed by atoms with Crippen LogP contribution in [0.3, 0.4) is 0 Å². The SMILES string of the molecule is COc1cccc(/C=N\NC(=O)[C@H](C)Oc2ccccc2Br)c1. The van der Waals surface area contributed by atoms with Crippen molar-refractivity contribution in [2.24, 2.45) is 5.10 Å². The molecule has 2 aromatic rings. The topological polar surface area (TPSA) is 59.9 Å². The Bertz CT molecular complexity index is 704. The molecule has 0 aliphatic rings. The number of ether oxygens (including phenoxy) is 2. The first-order valence-corrected chi connectivity index (χ1v) is 7.77. The summed E-state index contributed by atoms with van der Waals surface area (Å²) in [5.74, 6) is 0.998. The summed E-state index contributed by atoms with van der Waals surface area (Å²) < 4.78 is 11.5. The minimum absolute atomic E-state index is 0.333. The lowest BCUT2D eigenvalue weighted by molar-refractivity contribution is -0.127. The maximum Gasteiger partial charge on any atom is 0.280 e. The Morgan fingerprint density at radius 1 is 1.26 bits per heavy atom. The highest BCUT2D eigenvalue weighted by atomic mass is 79.9. The Kier molecular flexibility index (Phi) is 6.17. The van der Waals surface area contributed by atoms with E-state index in [1.165, 1.54) is 0 Å². The van der Waals surface area contributed by atoms with Crippen molar-refractivity contribution in [2.45, 2.75) is 13.0 Å². The molecule has 0 aromatic heterocycles. The molecule has 0 spiro atoms. The Hall–Kier alpha value is -2.34. The zero-order chi connectivity index (χ0) is 16.7. The molecule has 2 aromatic carbocycles. The van der Waals surface area contributed by atoms with E-state index in [1.807, 2.05) is 42.5 Å². The van der Waals surface area contributed by atoms with Gasteiger partial charge in [-0.15, -0.1) is 0 Å². The first kappa shape index (κ1) is 17.0. The van der Waals surface area contributed by atoms with E-state index in [9.17, 15) is 4.79 Å². The van der Waals surface area contributed by atoms with E-state index < -0.39 is 6.10 Å². The number of nitrogens with zero attached hydrogens (tertiary/aromatic N) is 1. The van der Waals surface area contributed by atoms with E-state index in [-0.39, 0.29) is 5.91 Å². The highest BCUT2D eigenvalue weighted by Crippen LogP contribution is 2.24. The Balaban J connectivity index is 1.91. The highest BCUT2D eigenvalue weighted by Gasteiger charge is 2.15. The summed E-state index contributed by atoms with van der Waals surface area (Å²) in [5, 5.41) is 3.93. The third-order valence-corrected chi connectivity index (χ3v) is 3.65. The fourth-order valence-corrected chi connectivity index (χ4v) is 2.15. The van der Waals surface area contributed by atoms with Crippen LogP contribution in [0.25, 0.3) is 0 Å². The lowest BCUT2D eigenvalue weighted by Crippen LogP contribution is -2.33. The van der Waals surface area contributed by atoms with Crippen molar-refractivity contribution >= 4 is 28.1 Å². The molecule has 0 radical (unpaired) electrons. The van der Waals surface area contributed by atoms with Crippen molar-refractivity contribution in [1.29, 1.82) is 0 Å². The molecule has 1 amide bonds. The van der Waals surface area contributed by atoms with Gasteiger partial charge in [-0.25, -0.2) is 5.43 Å². The van der Waals surface area contributed by atoms with Gasteiger partial charge in [0.15, 0.2) is 6.10 Å². The Labute approximate surface area is 143 Å². The molecule has 6 heteroatoms. The van der Waals surface area contributed by atoms with Crippen LogP contribution in [0, 0.1) is 0 Å². The molecule has 0 aliphatic heterocycles. The summed E-state index contributed by atoms with van der Waals surface area (Å²) >= 11 is 3.37. The quantitative estimate of drug-likeness (QED) is 0.620. The van der Waals surface area contributed by atoms with Crippen LogP contribution in [-0.2, 0) is 4.79 Å². The highest BCUT2D eigenvalue weighted by molar-refractivity contribution is 9.10. The largest absolute Gasteiger partial charge is 0.497 e. The van der Waals surface area contributed by atoms with Crippen LogP contribution in [0.4, 0.5) is 0 Å². The molecule has 0 heterocycles. The normalized spacial score (nSPS) is 12.0. The second-order valence-electron chi connectivity index (χ2n) is 4.70. The van der Waals surface area contributed by atoms with Gasteiger partial charge in [0.25, 0.3) is 5.91 Å². The van der Waals surface area contributed by atoms with Gasteiger partial charge in [-0.05, 0) is 52.7 Å². The molecule has 5 nitrogen and oxygen atoms in total. The van der Waals surface area contributed by atoms with Gasteiger partial charge in [-0.2, -0.15) is 5.10 Å². The Morgan fingerprint density at radius 3 is 2.78 bits per heavy atom. The van der Waals surface area contributed by atoms with Crippen molar-refractivity contribution in [3.05, 3.63) is 58.6 Å². The third-order valence-electron chi connectivity index (χ3n) is 2.99. The van der Waals surface area contributed by atoms with Crippen molar-refractivity contribution in [1.82, 2.24) is 5.43 Å². The van der Waals surface area contributed by atoms with Crippen LogP contribution in [-0.4, -0.2) is 25.3 Å². The Morgan fingerprint density at radius 2 is 2.04 bits per heavy atom. The molecule has 1 atom stereocenters. The predicted octanol–water partition coefficient (Wildman–Crippen LogP) is 3.38. The van der Waals surface area contributed by atoms with Crippen LogP contribution < -0.4 is 14.9 Å². The number of hydrogen-bond acceptors (Lipinski definition) is 4. The fraction of sp³-hybridized carbons (Fsp3) is 0.176. The number of halogens is 1. The number of hydrogen-bond donors (Lipinski definition) is 1. The minimum atomic E-state index is -0.670. The molecule has 0 saturated heterocycles. The van der Waals surface area contributed by atoms with Crippen LogP contribution >= 0.6 is 15.9 Å². The third kappa shape index (κ3) is 5.10. The molecule has 120 valence electrons. The minimum Gasteiger partial charge on any atom is -0.497 e. The zero-order valence-electron chi connectivity index (χ0n) is 12.8. The first-order valence-electron chi connectivity index (χ1n) is 6.98. The fourth-order valence-electron chi connectivity index (χ4n) is 1.77. The summed E-state index contributed by atoms with van der Waals surface area (Å²) in [6.07, 6.45) is 0.877. The lowest BCUT2D eigenvalue weighted by atomic mass is 10.2. The standard InChI is InChI=1S/C17H17BrN2O3/c1-12(23-16-9-4-3-8-15(16)18)17(21)20-19-11-13-6-5-7-14(10-13)22-2/h3-12H,1-2H3,(H,20,21)/b19-11-/t12-/m0/s1. The number of nitrogens with one attached hydrogen (secondary N) is 1. The van der Waals surface area contributed by atoms with Gasteiger partial charge in [0.2, 0.25) is 0 Å². The molecule has 0 fully saturated rings. The van der Waals surface area contributed by atoms with Gasteiger partial charge in [0.05, 0.1) is 17.8 Å². The van der Waals surface area contributed by atoms with Gasteiger partial charge in [-0.3, -0.25) is 4.79 Å². The number of benzene rings is 2. The van der Waals surface area contributed by atoms with E-state index in [1.54, 1.807) is 26.3 Å². The van der Waals surface area contributed by atoms with Gasteiger partial charge in [-0.1, -0.05) is 24.3 Å². The number of rotatable bonds is 6.